The Morgan fingerprint density at radius 1 is 1.50 bits per heavy atom. The number of ether oxygens (including phenoxy) is 1. The van der Waals surface area contributed by atoms with E-state index in [1.54, 1.807) is 7.11 Å². The largest absolute Gasteiger partial charge is 0.378 e. The highest BCUT2D eigenvalue weighted by Gasteiger charge is 1.92. The molecule has 0 aromatic heterocycles. The van der Waals surface area contributed by atoms with Crippen molar-refractivity contribution in [2.45, 2.75) is 27.7 Å². The van der Waals surface area contributed by atoms with Gasteiger partial charge in [0.1, 0.15) is 4.99 Å². The number of hydrogen-bond donors (Lipinski definition) is 1. The van der Waals surface area contributed by atoms with Gasteiger partial charge in [-0.15, -0.1) is 0 Å². The third-order valence-electron chi connectivity index (χ3n) is 1.05. The van der Waals surface area contributed by atoms with E-state index in [2.05, 4.69) is 5.32 Å². The Balaban J connectivity index is 0. The molecule has 0 aromatic carbocycles. The zero-order chi connectivity index (χ0) is 9.98. The first-order valence-corrected chi connectivity index (χ1v) is 4.53. The highest BCUT2D eigenvalue weighted by Crippen LogP contribution is 1.85. The molecule has 0 aliphatic rings. The minimum atomic E-state index is 0.487. The van der Waals surface area contributed by atoms with Crippen LogP contribution in [0.3, 0.4) is 0 Å². The van der Waals surface area contributed by atoms with Crippen LogP contribution in [0.1, 0.15) is 27.7 Å². The minimum Gasteiger partial charge on any atom is -0.378 e. The standard InChI is InChI=1S/C7H13NOS.C2H6/c1-4-6(2)8-7(10)5-9-3;1-2/h4H,5H2,1-3H3,(H,8,10);1-2H3/b6-4+;. The van der Waals surface area contributed by atoms with Crippen LogP contribution >= 0.6 is 12.2 Å². The third kappa shape index (κ3) is 9.59. The fraction of sp³-hybridized carbons (Fsp3) is 0.667. The maximum atomic E-state index is 4.92. The monoisotopic (exact) mass is 189 g/mol. The molecule has 12 heavy (non-hydrogen) atoms. The highest BCUT2D eigenvalue weighted by molar-refractivity contribution is 7.80. The lowest BCUT2D eigenvalue weighted by atomic mass is 10.4. The second-order valence-electron chi connectivity index (χ2n) is 1.95. The van der Waals surface area contributed by atoms with Crippen molar-refractivity contribution in [3.8, 4) is 0 Å². The molecule has 0 saturated heterocycles. The van der Waals surface area contributed by atoms with Gasteiger partial charge < -0.3 is 10.1 Å². The van der Waals surface area contributed by atoms with Gasteiger partial charge >= 0.3 is 0 Å². The van der Waals surface area contributed by atoms with Gasteiger partial charge in [-0.2, -0.15) is 0 Å². The van der Waals surface area contributed by atoms with E-state index in [0.29, 0.717) is 6.61 Å². The number of allylic oxidation sites excluding steroid dienone is 2. The third-order valence-corrected chi connectivity index (χ3v) is 1.26. The summed E-state index contributed by atoms with van der Waals surface area (Å²) < 4.78 is 4.82. The Bertz CT molecular complexity index is 143. The van der Waals surface area contributed by atoms with Crippen LogP contribution in [0.4, 0.5) is 0 Å². The van der Waals surface area contributed by atoms with Gasteiger partial charge in [0.05, 0.1) is 6.61 Å². The van der Waals surface area contributed by atoms with Crippen molar-refractivity contribution in [1.82, 2.24) is 5.32 Å². The van der Waals surface area contributed by atoms with E-state index in [4.69, 9.17) is 17.0 Å². The van der Waals surface area contributed by atoms with Crippen LogP contribution in [-0.4, -0.2) is 18.7 Å². The molecular formula is C9H19NOS. The number of methoxy groups -OCH3 is 1. The number of hydrogen-bond acceptors (Lipinski definition) is 2. The predicted molar refractivity (Wildman–Crippen MR) is 58.4 cm³/mol. The normalized spacial score (nSPS) is 9.92. The van der Waals surface area contributed by atoms with Crippen LogP contribution < -0.4 is 5.32 Å². The van der Waals surface area contributed by atoms with E-state index in [0.717, 1.165) is 10.7 Å². The summed E-state index contributed by atoms with van der Waals surface area (Å²) in [5, 5.41) is 3.00. The molecule has 0 rings (SSSR count). The van der Waals surface area contributed by atoms with Gasteiger partial charge in [0.25, 0.3) is 0 Å². The Morgan fingerprint density at radius 3 is 2.33 bits per heavy atom. The van der Waals surface area contributed by atoms with E-state index in [1.807, 2.05) is 33.8 Å². The highest BCUT2D eigenvalue weighted by atomic mass is 32.1. The molecule has 72 valence electrons. The summed E-state index contributed by atoms with van der Waals surface area (Å²) in [5.41, 5.74) is 1.06. The summed E-state index contributed by atoms with van der Waals surface area (Å²) in [4.78, 5) is 0.720. The van der Waals surface area contributed by atoms with Crippen molar-refractivity contribution in [2.24, 2.45) is 0 Å². The smallest absolute Gasteiger partial charge is 0.106 e. The summed E-state index contributed by atoms with van der Waals surface area (Å²) in [6.07, 6.45) is 1.96. The molecule has 0 amide bonds. The van der Waals surface area contributed by atoms with Crippen molar-refractivity contribution in [2.75, 3.05) is 13.7 Å². The van der Waals surface area contributed by atoms with Gasteiger partial charge in [0.2, 0.25) is 0 Å². The molecule has 0 bridgehead atoms. The van der Waals surface area contributed by atoms with Gasteiger partial charge in [-0.1, -0.05) is 32.1 Å². The van der Waals surface area contributed by atoms with Crippen molar-refractivity contribution in [1.29, 1.82) is 0 Å². The molecule has 0 fully saturated rings. The van der Waals surface area contributed by atoms with Gasteiger partial charge in [0, 0.05) is 12.8 Å². The molecule has 0 heterocycles. The van der Waals surface area contributed by atoms with Gasteiger partial charge in [-0.05, 0) is 13.8 Å². The molecule has 0 aliphatic heterocycles. The predicted octanol–water partition coefficient (Wildman–Crippen LogP) is 2.50. The lowest BCUT2D eigenvalue weighted by Gasteiger charge is -2.05. The van der Waals surface area contributed by atoms with Crippen LogP contribution in [0.25, 0.3) is 0 Å². The van der Waals surface area contributed by atoms with Crippen LogP contribution in [0, 0.1) is 0 Å². The average Bonchev–Trinajstić information content (AvgIpc) is 2.08. The first-order chi connectivity index (χ1) is 5.70. The minimum absolute atomic E-state index is 0.487. The molecule has 0 atom stereocenters. The van der Waals surface area contributed by atoms with Crippen LogP contribution in [-0.2, 0) is 4.74 Å². The number of nitrogens with one attached hydrogen (secondary N) is 1. The Kier molecular flexibility index (Phi) is 12.5. The SMILES string of the molecule is C/C=C(\C)NC(=S)COC.CC. The molecule has 1 N–H and O–H groups in total. The Morgan fingerprint density at radius 2 is 2.00 bits per heavy atom. The van der Waals surface area contributed by atoms with Crippen LogP contribution in [0.15, 0.2) is 11.8 Å². The summed E-state index contributed by atoms with van der Waals surface area (Å²) in [7, 11) is 1.62. The molecule has 2 nitrogen and oxygen atoms in total. The Hall–Kier alpha value is -0.410. The maximum Gasteiger partial charge on any atom is 0.106 e. The van der Waals surface area contributed by atoms with E-state index in [9.17, 15) is 0 Å². The fourth-order valence-electron chi connectivity index (χ4n) is 0.459. The van der Waals surface area contributed by atoms with Crippen molar-refractivity contribution in [3.63, 3.8) is 0 Å². The molecule has 0 radical (unpaired) electrons. The fourth-order valence-corrected chi connectivity index (χ4v) is 0.738. The summed E-state index contributed by atoms with van der Waals surface area (Å²) >= 11 is 4.92. The Labute approximate surface area is 81.0 Å². The molecule has 0 saturated carbocycles. The first-order valence-electron chi connectivity index (χ1n) is 4.12. The summed E-state index contributed by atoms with van der Waals surface area (Å²) in [6, 6.07) is 0. The molecule has 0 aliphatic carbocycles. The molecule has 0 aromatic rings. The van der Waals surface area contributed by atoms with E-state index < -0.39 is 0 Å². The molecule has 0 spiro atoms. The second kappa shape index (κ2) is 10.6. The van der Waals surface area contributed by atoms with E-state index in [-0.39, 0.29) is 0 Å². The molecular weight excluding hydrogens is 170 g/mol. The van der Waals surface area contributed by atoms with E-state index in [1.165, 1.54) is 0 Å². The zero-order valence-electron chi connectivity index (χ0n) is 8.60. The lowest BCUT2D eigenvalue weighted by molar-refractivity contribution is 0.245. The lowest BCUT2D eigenvalue weighted by Crippen LogP contribution is -2.23. The van der Waals surface area contributed by atoms with Crippen molar-refractivity contribution < 1.29 is 4.74 Å². The topological polar surface area (TPSA) is 21.3 Å². The maximum absolute atomic E-state index is 4.92. The summed E-state index contributed by atoms with van der Waals surface area (Å²) in [5.74, 6) is 0. The van der Waals surface area contributed by atoms with Crippen molar-refractivity contribution in [3.05, 3.63) is 11.8 Å². The molecule has 3 heteroatoms. The van der Waals surface area contributed by atoms with Gasteiger partial charge in [0.15, 0.2) is 0 Å². The van der Waals surface area contributed by atoms with Crippen molar-refractivity contribution >= 4 is 17.2 Å². The number of thiocarbonyl (C=S) groups is 1. The average molecular weight is 189 g/mol. The van der Waals surface area contributed by atoms with Gasteiger partial charge in [-0.25, -0.2) is 0 Å². The molecule has 0 unspecified atom stereocenters. The zero-order valence-corrected chi connectivity index (χ0v) is 9.42. The quantitative estimate of drug-likeness (QED) is 0.689. The number of rotatable bonds is 3. The van der Waals surface area contributed by atoms with Crippen LogP contribution in [0.5, 0.6) is 0 Å². The van der Waals surface area contributed by atoms with E-state index >= 15 is 0 Å². The van der Waals surface area contributed by atoms with Gasteiger partial charge in [-0.3, -0.25) is 0 Å². The second-order valence-corrected chi connectivity index (χ2v) is 2.45. The first kappa shape index (κ1) is 14.1. The van der Waals surface area contributed by atoms with Crippen LogP contribution in [0.2, 0.25) is 0 Å². The summed E-state index contributed by atoms with van der Waals surface area (Å²) in [6.45, 7) is 8.40.